The van der Waals surface area contributed by atoms with Crippen LogP contribution in [0.2, 0.25) is 0 Å². The summed E-state index contributed by atoms with van der Waals surface area (Å²) >= 11 is 3.47. The van der Waals surface area contributed by atoms with E-state index in [0.29, 0.717) is 6.61 Å². The van der Waals surface area contributed by atoms with E-state index < -0.39 is 0 Å². The fourth-order valence-electron chi connectivity index (χ4n) is 1.34. The Bertz CT molecular complexity index is 394. The van der Waals surface area contributed by atoms with Crippen molar-refractivity contribution < 1.29 is 9.53 Å². The Morgan fingerprint density at radius 3 is 2.76 bits per heavy atom. The second-order valence-corrected chi connectivity index (χ2v) is 4.70. The lowest BCUT2D eigenvalue weighted by molar-refractivity contribution is -0.126. The molecular formula is C12H17BrN2O2. The van der Waals surface area contributed by atoms with Gasteiger partial charge in [0, 0.05) is 36.9 Å². The quantitative estimate of drug-likeness (QED) is 0.905. The molecule has 0 bridgehead atoms. The SMILES string of the molecule is COCc1c(Br)cccc1NCC(=O)N(C)C. The molecule has 4 nitrogen and oxygen atoms in total. The lowest BCUT2D eigenvalue weighted by Gasteiger charge is -2.15. The number of benzene rings is 1. The van der Waals surface area contributed by atoms with E-state index in [2.05, 4.69) is 21.2 Å². The largest absolute Gasteiger partial charge is 0.380 e. The van der Waals surface area contributed by atoms with Gasteiger partial charge in [-0.05, 0) is 12.1 Å². The monoisotopic (exact) mass is 300 g/mol. The molecule has 1 aromatic carbocycles. The number of ether oxygens (including phenoxy) is 1. The highest BCUT2D eigenvalue weighted by Gasteiger charge is 2.08. The Balaban J connectivity index is 2.76. The summed E-state index contributed by atoms with van der Waals surface area (Å²) in [5.74, 6) is 0.0355. The van der Waals surface area contributed by atoms with Crippen LogP contribution in [0, 0.1) is 0 Å². The molecule has 0 saturated carbocycles. The highest BCUT2D eigenvalue weighted by molar-refractivity contribution is 9.10. The third-order valence-corrected chi connectivity index (χ3v) is 3.08. The second kappa shape index (κ2) is 6.61. The molecule has 1 rings (SSSR count). The molecule has 0 unspecified atom stereocenters. The third kappa shape index (κ3) is 4.02. The van der Waals surface area contributed by atoms with E-state index in [1.54, 1.807) is 26.1 Å². The van der Waals surface area contributed by atoms with Crippen molar-refractivity contribution in [1.29, 1.82) is 0 Å². The molecule has 0 spiro atoms. The number of anilines is 1. The van der Waals surface area contributed by atoms with Gasteiger partial charge in [0.15, 0.2) is 0 Å². The predicted octanol–water partition coefficient (Wildman–Crippen LogP) is 2.10. The number of nitrogens with zero attached hydrogens (tertiary/aromatic N) is 1. The van der Waals surface area contributed by atoms with E-state index in [0.717, 1.165) is 15.7 Å². The summed E-state index contributed by atoms with van der Waals surface area (Å²) in [7, 11) is 5.12. The van der Waals surface area contributed by atoms with Crippen molar-refractivity contribution >= 4 is 27.5 Å². The van der Waals surface area contributed by atoms with Gasteiger partial charge in [0.1, 0.15) is 0 Å². The molecule has 1 aromatic rings. The number of halogens is 1. The van der Waals surface area contributed by atoms with Crippen LogP contribution in [0.4, 0.5) is 5.69 Å². The van der Waals surface area contributed by atoms with Gasteiger partial charge in [-0.1, -0.05) is 22.0 Å². The minimum atomic E-state index is 0.0355. The number of rotatable bonds is 5. The van der Waals surface area contributed by atoms with E-state index in [9.17, 15) is 4.79 Å². The van der Waals surface area contributed by atoms with E-state index in [1.165, 1.54) is 0 Å². The molecule has 0 atom stereocenters. The summed E-state index contributed by atoms with van der Waals surface area (Å²) in [4.78, 5) is 13.0. The summed E-state index contributed by atoms with van der Waals surface area (Å²) in [6, 6.07) is 5.81. The van der Waals surface area contributed by atoms with Crippen molar-refractivity contribution in [1.82, 2.24) is 4.90 Å². The Hall–Kier alpha value is -1.07. The summed E-state index contributed by atoms with van der Waals surface area (Å²) in [5.41, 5.74) is 1.93. The smallest absolute Gasteiger partial charge is 0.241 e. The Morgan fingerprint density at radius 2 is 2.18 bits per heavy atom. The molecule has 5 heteroatoms. The molecule has 17 heavy (non-hydrogen) atoms. The molecule has 0 aromatic heterocycles. The molecule has 0 aliphatic heterocycles. The van der Waals surface area contributed by atoms with Crippen LogP contribution in [-0.4, -0.2) is 38.6 Å². The summed E-state index contributed by atoms with van der Waals surface area (Å²) in [6.07, 6.45) is 0. The third-order valence-electron chi connectivity index (χ3n) is 2.34. The molecule has 0 saturated heterocycles. The fourth-order valence-corrected chi connectivity index (χ4v) is 1.82. The van der Waals surface area contributed by atoms with Crippen molar-refractivity contribution in [2.24, 2.45) is 0 Å². The van der Waals surface area contributed by atoms with Crippen LogP contribution in [0.15, 0.2) is 22.7 Å². The minimum Gasteiger partial charge on any atom is -0.380 e. The Morgan fingerprint density at radius 1 is 1.47 bits per heavy atom. The lowest BCUT2D eigenvalue weighted by atomic mass is 10.2. The first-order valence-corrected chi connectivity index (χ1v) is 6.06. The van der Waals surface area contributed by atoms with Gasteiger partial charge in [-0.15, -0.1) is 0 Å². The molecule has 1 N–H and O–H groups in total. The first-order valence-electron chi connectivity index (χ1n) is 5.26. The number of amides is 1. The van der Waals surface area contributed by atoms with Gasteiger partial charge >= 0.3 is 0 Å². The average molecular weight is 301 g/mol. The van der Waals surface area contributed by atoms with Crippen LogP contribution in [0.3, 0.4) is 0 Å². The molecule has 0 heterocycles. The first kappa shape index (κ1) is 14.0. The fraction of sp³-hybridized carbons (Fsp3) is 0.417. The maximum atomic E-state index is 11.5. The van der Waals surface area contributed by atoms with Gasteiger partial charge in [0.2, 0.25) is 5.91 Å². The maximum absolute atomic E-state index is 11.5. The van der Waals surface area contributed by atoms with E-state index in [4.69, 9.17) is 4.74 Å². The predicted molar refractivity (Wildman–Crippen MR) is 72.0 cm³/mol. The lowest BCUT2D eigenvalue weighted by Crippen LogP contribution is -2.28. The van der Waals surface area contributed by atoms with Crippen LogP contribution >= 0.6 is 15.9 Å². The number of carbonyl (C=O) groups is 1. The molecule has 0 aliphatic rings. The minimum absolute atomic E-state index is 0.0355. The van der Waals surface area contributed by atoms with Gasteiger partial charge in [0.25, 0.3) is 0 Å². The van der Waals surface area contributed by atoms with Crippen LogP contribution in [-0.2, 0) is 16.1 Å². The summed E-state index contributed by atoms with van der Waals surface area (Å²) in [5, 5.41) is 3.12. The van der Waals surface area contributed by atoms with Crippen LogP contribution < -0.4 is 5.32 Å². The number of methoxy groups -OCH3 is 1. The van der Waals surface area contributed by atoms with Crippen molar-refractivity contribution in [2.75, 3.05) is 33.1 Å². The topological polar surface area (TPSA) is 41.6 Å². The van der Waals surface area contributed by atoms with Gasteiger partial charge in [-0.25, -0.2) is 0 Å². The Labute approximate surface area is 110 Å². The molecule has 0 radical (unpaired) electrons. The van der Waals surface area contributed by atoms with Crippen LogP contribution in [0.5, 0.6) is 0 Å². The second-order valence-electron chi connectivity index (χ2n) is 3.84. The zero-order chi connectivity index (χ0) is 12.8. The van der Waals surface area contributed by atoms with Crippen LogP contribution in [0.1, 0.15) is 5.56 Å². The van der Waals surface area contributed by atoms with Gasteiger partial charge in [-0.2, -0.15) is 0 Å². The normalized spacial score (nSPS) is 10.1. The summed E-state index contributed by atoms with van der Waals surface area (Å²) < 4.78 is 6.11. The standard InChI is InChI=1S/C12H17BrN2O2/c1-15(2)12(16)7-14-11-6-4-5-10(13)9(11)8-17-3/h4-6,14H,7-8H2,1-3H3. The van der Waals surface area contributed by atoms with Gasteiger partial charge < -0.3 is 15.0 Å². The average Bonchev–Trinajstić information content (AvgIpc) is 2.29. The zero-order valence-corrected chi connectivity index (χ0v) is 11.9. The molecule has 0 fully saturated rings. The molecule has 94 valence electrons. The molecule has 0 aliphatic carbocycles. The number of likely N-dealkylation sites (N-methyl/N-ethyl adjacent to an activating group) is 1. The highest BCUT2D eigenvalue weighted by atomic mass is 79.9. The maximum Gasteiger partial charge on any atom is 0.241 e. The molecular weight excluding hydrogens is 284 g/mol. The number of carbonyl (C=O) groups excluding carboxylic acids is 1. The van der Waals surface area contributed by atoms with Gasteiger partial charge in [0.05, 0.1) is 13.2 Å². The van der Waals surface area contributed by atoms with Crippen molar-refractivity contribution in [3.63, 3.8) is 0 Å². The van der Waals surface area contributed by atoms with Crippen molar-refractivity contribution in [3.8, 4) is 0 Å². The van der Waals surface area contributed by atoms with E-state index in [1.807, 2.05) is 18.2 Å². The number of hydrogen-bond acceptors (Lipinski definition) is 3. The zero-order valence-electron chi connectivity index (χ0n) is 10.3. The van der Waals surface area contributed by atoms with Crippen LogP contribution in [0.25, 0.3) is 0 Å². The highest BCUT2D eigenvalue weighted by Crippen LogP contribution is 2.25. The molecule has 1 amide bonds. The van der Waals surface area contributed by atoms with E-state index >= 15 is 0 Å². The number of nitrogens with one attached hydrogen (secondary N) is 1. The number of hydrogen-bond donors (Lipinski definition) is 1. The van der Waals surface area contributed by atoms with Gasteiger partial charge in [-0.3, -0.25) is 4.79 Å². The van der Waals surface area contributed by atoms with Crippen molar-refractivity contribution in [2.45, 2.75) is 6.61 Å². The van der Waals surface area contributed by atoms with E-state index in [-0.39, 0.29) is 12.5 Å². The van der Waals surface area contributed by atoms with Crippen molar-refractivity contribution in [3.05, 3.63) is 28.2 Å². The first-order chi connectivity index (χ1) is 8.06. The summed E-state index contributed by atoms with van der Waals surface area (Å²) in [6.45, 7) is 0.778. The Kier molecular flexibility index (Phi) is 5.44.